The topological polar surface area (TPSA) is 94.1 Å². The van der Waals surface area contributed by atoms with Crippen LogP contribution in [0.25, 0.3) is 11.0 Å². The van der Waals surface area contributed by atoms with Gasteiger partial charge < -0.3 is 24.6 Å². The Balaban J connectivity index is 2.22. The summed E-state index contributed by atoms with van der Waals surface area (Å²) in [5.74, 6) is -1.54. The molecular formula is C15H17NO5. The van der Waals surface area contributed by atoms with Gasteiger partial charge in [-0.25, -0.2) is 0 Å². The van der Waals surface area contributed by atoms with Crippen molar-refractivity contribution in [3.63, 3.8) is 0 Å². The number of rotatable bonds is 2. The second-order valence-corrected chi connectivity index (χ2v) is 5.43. The van der Waals surface area contributed by atoms with Gasteiger partial charge in [0, 0.05) is 17.5 Å². The molecule has 2 aromatic rings. The number of aliphatic hydroxyl groups excluding tert-OH is 1. The lowest BCUT2D eigenvalue weighted by atomic mass is 9.90. The minimum atomic E-state index is -0.776. The van der Waals surface area contributed by atoms with E-state index in [0.717, 1.165) is 18.5 Å². The van der Waals surface area contributed by atoms with Gasteiger partial charge in [-0.05, 0) is 26.1 Å². The van der Waals surface area contributed by atoms with E-state index < -0.39 is 17.1 Å². The van der Waals surface area contributed by atoms with E-state index in [1.807, 2.05) is 13.1 Å². The summed E-state index contributed by atoms with van der Waals surface area (Å²) in [6.45, 7) is 0.840. The number of likely N-dealkylation sites (tertiary alicyclic amines) is 1. The highest BCUT2D eigenvalue weighted by Crippen LogP contribution is 2.37. The van der Waals surface area contributed by atoms with Crippen molar-refractivity contribution < 1.29 is 19.7 Å². The summed E-state index contributed by atoms with van der Waals surface area (Å²) in [4.78, 5) is 14.1. The monoisotopic (exact) mass is 291 g/mol. The highest BCUT2D eigenvalue weighted by atomic mass is 16.5. The number of fused-ring (bicyclic) bond motifs is 1. The lowest BCUT2D eigenvalue weighted by molar-refractivity contribution is 0.172. The van der Waals surface area contributed by atoms with E-state index in [-0.39, 0.29) is 29.5 Å². The molecule has 1 aromatic carbocycles. The van der Waals surface area contributed by atoms with Crippen LogP contribution in [0, 0.1) is 0 Å². The summed E-state index contributed by atoms with van der Waals surface area (Å²) in [5.41, 5.74) is 0.391. The molecule has 1 aliphatic heterocycles. The first-order valence-corrected chi connectivity index (χ1v) is 6.83. The van der Waals surface area contributed by atoms with Gasteiger partial charge in [0.2, 0.25) is 11.2 Å². The number of aliphatic hydroxyl groups is 1. The quantitative estimate of drug-likeness (QED) is 0.763. The fraction of sp³-hybridized carbons (Fsp3) is 0.400. The first-order chi connectivity index (χ1) is 10.0. The van der Waals surface area contributed by atoms with E-state index in [1.165, 1.54) is 0 Å². The molecule has 3 N–H and O–H groups in total. The van der Waals surface area contributed by atoms with E-state index >= 15 is 0 Å². The van der Waals surface area contributed by atoms with Crippen molar-refractivity contribution in [3.05, 3.63) is 34.0 Å². The van der Waals surface area contributed by atoms with Crippen molar-refractivity contribution in [1.29, 1.82) is 0 Å². The number of likely N-dealkylation sites (N-methyl/N-ethyl adjacent to an activating group) is 1. The van der Waals surface area contributed by atoms with Gasteiger partial charge in [0.05, 0.1) is 12.0 Å². The first kappa shape index (κ1) is 13.9. The molecule has 0 radical (unpaired) electrons. The van der Waals surface area contributed by atoms with Gasteiger partial charge in [-0.1, -0.05) is 12.1 Å². The van der Waals surface area contributed by atoms with Gasteiger partial charge in [-0.3, -0.25) is 4.79 Å². The average Bonchev–Trinajstić information content (AvgIpc) is 2.85. The summed E-state index contributed by atoms with van der Waals surface area (Å²) in [7, 11) is 1.94. The maximum absolute atomic E-state index is 12.0. The maximum Gasteiger partial charge on any atom is 0.330 e. The first-order valence-electron chi connectivity index (χ1n) is 6.83. The molecule has 0 amide bonds. The second-order valence-electron chi connectivity index (χ2n) is 5.43. The van der Waals surface area contributed by atoms with Gasteiger partial charge in [0.25, 0.3) is 0 Å². The molecule has 1 aliphatic rings. The number of para-hydroxylation sites is 1. The minimum absolute atomic E-state index is 0.00581. The van der Waals surface area contributed by atoms with Gasteiger partial charge in [0.1, 0.15) is 5.58 Å². The predicted molar refractivity (Wildman–Crippen MR) is 76.7 cm³/mol. The van der Waals surface area contributed by atoms with Gasteiger partial charge in [-0.2, -0.15) is 0 Å². The molecule has 6 heteroatoms. The Kier molecular flexibility index (Phi) is 3.35. The standard InChI is InChI=1S/C15H17NO5/c1-16-6-5-8(11(16)7-17)9-3-2-4-10-12(18)13(19)15(20)21-14(9)10/h2-4,8,11,17,19-20H,5-7H2,1H3/t8-,11-/m0/s1. The van der Waals surface area contributed by atoms with Crippen LogP contribution in [0.4, 0.5) is 0 Å². The fourth-order valence-electron chi connectivity index (χ4n) is 3.15. The van der Waals surface area contributed by atoms with Crippen LogP contribution >= 0.6 is 0 Å². The van der Waals surface area contributed by atoms with E-state index in [2.05, 4.69) is 4.90 Å². The zero-order valence-electron chi connectivity index (χ0n) is 11.6. The third kappa shape index (κ3) is 2.07. The van der Waals surface area contributed by atoms with E-state index in [1.54, 1.807) is 12.1 Å². The highest BCUT2D eigenvalue weighted by Gasteiger charge is 2.34. The Morgan fingerprint density at radius 3 is 2.86 bits per heavy atom. The zero-order valence-corrected chi connectivity index (χ0v) is 11.6. The van der Waals surface area contributed by atoms with Crippen molar-refractivity contribution in [3.8, 4) is 11.7 Å². The summed E-state index contributed by atoms with van der Waals surface area (Å²) in [6, 6.07) is 5.04. The molecule has 0 bridgehead atoms. The Hall–Kier alpha value is -2.05. The van der Waals surface area contributed by atoms with Gasteiger partial charge >= 0.3 is 5.95 Å². The lowest BCUT2D eigenvalue weighted by Gasteiger charge is -2.23. The van der Waals surface area contributed by atoms with Gasteiger partial charge in [0.15, 0.2) is 0 Å². The van der Waals surface area contributed by atoms with Crippen molar-refractivity contribution in [2.45, 2.75) is 18.4 Å². The molecule has 21 heavy (non-hydrogen) atoms. The molecule has 0 unspecified atom stereocenters. The van der Waals surface area contributed by atoms with E-state index in [9.17, 15) is 20.1 Å². The molecule has 6 nitrogen and oxygen atoms in total. The molecule has 2 atom stereocenters. The maximum atomic E-state index is 12.0. The molecule has 112 valence electrons. The third-order valence-electron chi connectivity index (χ3n) is 4.32. The normalized spacial score (nSPS) is 23.0. The van der Waals surface area contributed by atoms with Crippen LogP contribution in [0.2, 0.25) is 0 Å². The summed E-state index contributed by atoms with van der Waals surface area (Å²) >= 11 is 0. The molecular weight excluding hydrogens is 274 g/mol. The summed E-state index contributed by atoms with van der Waals surface area (Å²) in [6.07, 6.45) is 0.826. The van der Waals surface area contributed by atoms with Crippen molar-refractivity contribution in [2.24, 2.45) is 0 Å². The predicted octanol–water partition coefficient (Wildman–Crippen LogP) is 0.984. The van der Waals surface area contributed by atoms with E-state index in [0.29, 0.717) is 0 Å². The van der Waals surface area contributed by atoms with Crippen LogP contribution in [0.3, 0.4) is 0 Å². The summed E-state index contributed by atoms with van der Waals surface area (Å²) in [5, 5.41) is 28.9. The minimum Gasteiger partial charge on any atom is -0.499 e. The van der Waals surface area contributed by atoms with Crippen LogP contribution in [-0.2, 0) is 0 Å². The second kappa shape index (κ2) is 5.05. The van der Waals surface area contributed by atoms with Crippen LogP contribution < -0.4 is 5.43 Å². The number of aromatic hydroxyl groups is 2. The molecule has 0 aliphatic carbocycles. The molecule has 0 saturated carbocycles. The van der Waals surface area contributed by atoms with Gasteiger partial charge in [-0.15, -0.1) is 0 Å². The van der Waals surface area contributed by atoms with Crippen molar-refractivity contribution >= 4 is 11.0 Å². The van der Waals surface area contributed by atoms with Crippen LogP contribution in [0.5, 0.6) is 11.7 Å². The molecule has 1 saturated heterocycles. The zero-order chi connectivity index (χ0) is 15.1. The van der Waals surface area contributed by atoms with E-state index in [4.69, 9.17) is 4.42 Å². The van der Waals surface area contributed by atoms with Crippen molar-refractivity contribution in [1.82, 2.24) is 4.90 Å². The largest absolute Gasteiger partial charge is 0.499 e. The smallest absolute Gasteiger partial charge is 0.330 e. The van der Waals surface area contributed by atoms with Crippen LogP contribution in [0.15, 0.2) is 27.4 Å². The number of nitrogens with zero attached hydrogens (tertiary/aromatic N) is 1. The summed E-state index contributed by atoms with van der Waals surface area (Å²) < 4.78 is 5.25. The number of hydrogen-bond acceptors (Lipinski definition) is 6. The van der Waals surface area contributed by atoms with Crippen LogP contribution in [0.1, 0.15) is 17.9 Å². The Morgan fingerprint density at radius 1 is 1.38 bits per heavy atom. The SMILES string of the molecule is CN1CC[C@@H](c2cccc3c(=O)c(O)c(O)oc23)[C@@H]1CO. The average molecular weight is 291 g/mol. The van der Waals surface area contributed by atoms with Crippen molar-refractivity contribution in [2.75, 3.05) is 20.2 Å². The number of hydrogen-bond donors (Lipinski definition) is 3. The Labute approximate surface area is 120 Å². The van der Waals surface area contributed by atoms with Crippen LogP contribution in [-0.4, -0.2) is 46.5 Å². The highest BCUT2D eigenvalue weighted by molar-refractivity contribution is 5.82. The third-order valence-corrected chi connectivity index (χ3v) is 4.32. The molecule has 0 spiro atoms. The Morgan fingerprint density at radius 2 is 2.14 bits per heavy atom. The molecule has 1 aromatic heterocycles. The molecule has 2 heterocycles. The lowest BCUT2D eigenvalue weighted by Crippen LogP contribution is -2.31. The molecule has 1 fully saturated rings. The Bertz CT molecular complexity index is 739. The molecule has 3 rings (SSSR count). The number of benzene rings is 1. The fourth-order valence-corrected chi connectivity index (χ4v) is 3.15.